The smallest absolute Gasteiger partial charge is 0.251 e. The molecule has 0 aromatic heterocycles. The van der Waals surface area contributed by atoms with Gasteiger partial charge in [0.25, 0.3) is 5.91 Å². The fourth-order valence-corrected chi connectivity index (χ4v) is 2.52. The lowest BCUT2D eigenvalue weighted by atomic mass is 9.97. The Hall–Kier alpha value is -1.59. The van der Waals surface area contributed by atoms with E-state index < -0.39 is 12.1 Å². The van der Waals surface area contributed by atoms with Gasteiger partial charge in [0.2, 0.25) is 5.91 Å². The number of nitrogens with zero attached hydrogens (tertiary/aromatic N) is 1. The monoisotopic (exact) mass is 324 g/mol. The van der Waals surface area contributed by atoms with E-state index in [4.69, 9.17) is 16.3 Å². The first-order valence-electron chi connectivity index (χ1n) is 7.30. The summed E-state index contributed by atoms with van der Waals surface area (Å²) in [6.45, 7) is 4.53. The SMILES string of the molecule is CC(C)CNC(=O)C1OCC(=O)N(C)C1c1ccc(Cl)cc1. The summed E-state index contributed by atoms with van der Waals surface area (Å²) in [6.07, 6.45) is -0.720. The third-order valence-corrected chi connectivity index (χ3v) is 3.89. The molecule has 1 aromatic carbocycles. The summed E-state index contributed by atoms with van der Waals surface area (Å²) in [5, 5.41) is 3.48. The lowest BCUT2D eigenvalue weighted by Crippen LogP contribution is -2.53. The van der Waals surface area contributed by atoms with Crippen molar-refractivity contribution in [3.8, 4) is 0 Å². The molecule has 5 nitrogen and oxygen atoms in total. The number of halogens is 1. The van der Waals surface area contributed by atoms with E-state index in [1.165, 1.54) is 0 Å². The topological polar surface area (TPSA) is 58.6 Å². The maximum Gasteiger partial charge on any atom is 0.251 e. The van der Waals surface area contributed by atoms with Crippen LogP contribution in [0.2, 0.25) is 5.02 Å². The number of benzene rings is 1. The van der Waals surface area contributed by atoms with E-state index in [1.807, 2.05) is 26.0 Å². The van der Waals surface area contributed by atoms with Crippen molar-refractivity contribution >= 4 is 23.4 Å². The molecular formula is C16H21ClN2O3. The van der Waals surface area contributed by atoms with E-state index in [2.05, 4.69) is 5.32 Å². The highest BCUT2D eigenvalue weighted by molar-refractivity contribution is 6.30. The Morgan fingerprint density at radius 2 is 2.05 bits per heavy atom. The van der Waals surface area contributed by atoms with Crippen LogP contribution in [0.25, 0.3) is 0 Å². The van der Waals surface area contributed by atoms with E-state index >= 15 is 0 Å². The van der Waals surface area contributed by atoms with Crippen molar-refractivity contribution in [2.24, 2.45) is 5.92 Å². The normalized spacial score (nSPS) is 22.0. The van der Waals surface area contributed by atoms with Crippen LogP contribution >= 0.6 is 11.6 Å². The molecule has 1 N–H and O–H groups in total. The summed E-state index contributed by atoms with van der Waals surface area (Å²) < 4.78 is 5.52. The molecule has 0 saturated carbocycles. The molecule has 1 aliphatic heterocycles. The zero-order valence-electron chi connectivity index (χ0n) is 13.0. The number of hydrogen-bond donors (Lipinski definition) is 1. The molecule has 2 amide bonds. The number of morpholine rings is 1. The van der Waals surface area contributed by atoms with Crippen molar-refractivity contribution in [2.75, 3.05) is 20.2 Å². The number of rotatable bonds is 4. The van der Waals surface area contributed by atoms with Crippen molar-refractivity contribution in [2.45, 2.75) is 26.0 Å². The van der Waals surface area contributed by atoms with Gasteiger partial charge < -0.3 is 15.0 Å². The van der Waals surface area contributed by atoms with E-state index in [9.17, 15) is 9.59 Å². The second kappa shape index (κ2) is 7.11. The number of nitrogens with one attached hydrogen (secondary N) is 1. The maximum absolute atomic E-state index is 12.4. The predicted molar refractivity (Wildman–Crippen MR) is 84.6 cm³/mol. The summed E-state index contributed by atoms with van der Waals surface area (Å²) in [5.74, 6) is 0.00161. The molecule has 1 saturated heterocycles. The van der Waals surface area contributed by atoms with Gasteiger partial charge in [-0.15, -0.1) is 0 Å². The van der Waals surface area contributed by atoms with Gasteiger partial charge >= 0.3 is 0 Å². The van der Waals surface area contributed by atoms with Crippen LogP contribution in [0.3, 0.4) is 0 Å². The largest absolute Gasteiger partial charge is 0.356 e. The summed E-state index contributed by atoms with van der Waals surface area (Å²) in [5.41, 5.74) is 0.824. The molecule has 0 radical (unpaired) electrons. The van der Waals surface area contributed by atoms with Gasteiger partial charge in [0, 0.05) is 18.6 Å². The Labute approximate surface area is 135 Å². The minimum Gasteiger partial charge on any atom is -0.356 e. The first-order chi connectivity index (χ1) is 10.4. The summed E-state index contributed by atoms with van der Waals surface area (Å²) >= 11 is 5.91. The van der Waals surface area contributed by atoms with Crippen LogP contribution < -0.4 is 5.32 Å². The molecule has 1 fully saturated rings. The minimum atomic E-state index is -0.720. The van der Waals surface area contributed by atoms with Crippen LogP contribution in [0.5, 0.6) is 0 Å². The molecular weight excluding hydrogens is 304 g/mol. The third kappa shape index (κ3) is 3.78. The number of carbonyl (C=O) groups is 2. The van der Waals surface area contributed by atoms with E-state index in [1.54, 1.807) is 24.1 Å². The average molecular weight is 325 g/mol. The van der Waals surface area contributed by atoms with Gasteiger partial charge in [-0.2, -0.15) is 0 Å². The second-order valence-corrected chi connectivity index (χ2v) is 6.31. The van der Waals surface area contributed by atoms with Crippen LogP contribution in [0.1, 0.15) is 25.5 Å². The molecule has 0 spiro atoms. The summed E-state index contributed by atoms with van der Waals surface area (Å²) in [4.78, 5) is 25.9. The molecule has 0 aliphatic carbocycles. The molecule has 1 aromatic rings. The van der Waals surface area contributed by atoms with Crippen LogP contribution in [-0.4, -0.2) is 43.0 Å². The zero-order chi connectivity index (χ0) is 16.3. The Balaban J connectivity index is 2.24. The van der Waals surface area contributed by atoms with Crippen molar-refractivity contribution in [1.29, 1.82) is 0 Å². The molecule has 1 heterocycles. The van der Waals surface area contributed by atoms with E-state index in [-0.39, 0.29) is 18.4 Å². The highest BCUT2D eigenvalue weighted by Crippen LogP contribution is 2.30. The highest BCUT2D eigenvalue weighted by atomic mass is 35.5. The number of carbonyl (C=O) groups excluding carboxylic acids is 2. The highest BCUT2D eigenvalue weighted by Gasteiger charge is 2.39. The average Bonchev–Trinajstić information content (AvgIpc) is 2.48. The Bertz CT molecular complexity index is 545. The number of amides is 2. The van der Waals surface area contributed by atoms with Gasteiger partial charge in [-0.1, -0.05) is 37.6 Å². The van der Waals surface area contributed by atoms with Crippen LogP contribution in [-0.2, 0) is 14.3 Å². The van der Waals surface area contributed by atoms with Crippen molar-refractivity contribution in [1.82, 2.24) is 10.2 Å². The van der Waals surface area contributed by atoms with Crippen molar-refractivity contribution in [3.63, 3.8) is 0 Å². The lowest BCUT2D eigenvalue weighted by Gasteiger charge is -2.38. The first kappa shape index (κ1) is 16.8. The maximum atomic E-state index is 12.4. The molecule has 1 aliphatic rings. The fraction of sp³-hybridized carbons (Fsp3) is 0.500. The molecule has 0 bridgehead atoms. The van der Waals surface area contributed by atoms with Gasteiger partial charge in [-0.3, -0.25) is 9.59 Å². The van der Waals surface area contributed by atoms with E-state index in [0.717, 1.165) is 5.56 Å². The van der Waals surface area contributed by atoms with Crippen molar-refractivity contribution in [3.05, 3.63) is 34.9 Å². The quantitative estimate of drug-likeness (QED) is 0.921. The van der Waals surface area contributed by atoms with Crippen molar-refractivity contribution < 1.29 is 14.3 Å². The lowest BCUT2D eigenvalue weighted by molar-refractivity contribution is -0.162. The molecule has 2 unspecified atom stereocenters. The van der Waals surface area contributed by atoms with Gasteiger partial charge in [0.1, 0.15) is 6.61 Å². The van der Waals surface area contributed by atoms with Crippen LogP contribution in [0.15, 0.2) is 24.3 Å². The first-order valence-corrected chi connectivity index (χ1v) is 7.68. The summed E-state index contributed by atoms with van der Waals surface area (Å²) in [7, 11) is 1.69. The third-order valence-electron chi connectivity index (χ3n) is 3.64. The minimum absolute atomic E-state index is 0.0830. The number of ether oxygens (including phenoxy) is 1. The van der Waals surface area contributed by atoms with Gasteiger partial charge in [0.15, 0.2) is 6.10 Å². The van der Waals surface area contributed by atoms with E-state index in [0.29, 0.717) is 17.5 Å². The predicted octanol–water partition coefficient (Wildman–Crippen LogP) is 2.01. The number of likely N-dealkylation sites (N-methyl/N-ethyl adjacent to an activating group) is 1. The van der Waals surface area contributed by atoms with Gasteiger partial charge in [0.05, 0.1) is 6.04 Å². The summed E-state index contributed by atoms with van der Waals surface area (Å²) in [6, 6.07) is 6.66. The second-order valence-electron chi connectivity index (χ2n) is 5.87. The molecule has 2 rings (SSSR count). The van der Waals surface area contributed by atoms with Crippen LogP contribution in [0, 0.1) is 5.92 Å². The molecule has 120 valence electrons. The van der Waals surface area contributed by atoms with Gasteiger partial charge in [-0.25, -0.2) is 0 Å². The standard InChI is InChI=1S/C16H21ClN2O3/c1-10(2)8-18-16(21)15-14(19(3)13(20)9-22-15)11-4-6-12(17)7-5-11/h4-7,10,14-15H,8-9H2,1-3H3,(H,18,21). The number of hydrogen-bond acceptors (Lipinski definition) is 3. The fourth-order valence-electron chi connectivity index (χ4n) is 2.39. The molecule has 22 heavy (non-hydrogen) atoms. The van der Waals surface area contributed by atoms with Crippen LogP contribution in [0.4, 0.5) is 0 Å². The van der Waals surface area contributed by atoms with Gasteiger partial charge in [-0.05, 0) is 23.6 Å². The zero-order valence-corrected chi connectivity index (χ0v) is 13.8. The Morgan fingerprint density at radius 1 is 1.41 bits per heavy atom. The Kier molecular flexibility index (Phi) is 5.42. The molecule has 6 heteroatoms. The molecule has 2 atom stereocenters. The Morgan fingerprint density at radius 3 is 2.64 bits per heavy atom.